The van der Waals surface area contributed by atoms with Crippen LogP contribution >= 0.6 is 0 Å². The van der Waals surface area contributed by atoms with Gasteiger partial charge in [0.2, 0.25) is 0 Å². The molecule has 0 spiro atoms. The van der Waals surface area contributed by atoms with E-state index in [0.717, 1.165) is 0 Å². The number of aliphatic hydroxyl groups is 1. The Morgan fingerprint density at radius 1 is 1.38 bits per heavy atom. The highest BCUT2D eigenvalue weighted by molar-refractivity contribution is 4.90. The van der Waals surface area contributed by atoms with Gasteiger partial charge in [0.05, 0.1) is 12.7 Å². The summed E-state index contributed by atoms with van der Waals surface area (Å²) in [5.74, 6) is -1.75. The maximum atomic E-state index is 12.2. The van der Waals surface area contributed by atoms with Gasteiger partial charge in [-0.1, -0.05) is 13.8 Å². The molecule has 0 aromatic rings. The second-order valence-corrected chi connectivity index (χ2v) is 4.14. The standard InChI is InChI=1S/C10H17F3N2O/c1-7(2)3-9(6-16)15-5-8(4-14)10(11,12)13/h7-9,15-16H,3,5-6H2,1-2H3. The third-order valence-corrected chi connectivity index (χ3v) is 2.14. The molecule has 0 aliphatic heterocycles. The molecule has 0 radical (unpaired) electrons. The Balaban J connectivity index is 4.15. The molecule has 0 amide bonds. The van der Waals surface area contributed by atoms with E-state index >= 15 is 0 Å². The van der Waals surface area contributed by atoms with Crippen LogP contribution in [0.1, 0.15) is 20.3 Å². The molecule has 0 aliphatic rings. The maximum Gasteiger partial charge on any atom is 0.405 e. The highest BCUT2D eigenvalue weighted by Gasteiger charge is 2.39. The Kier molecular flexibility index (Phi) is 6.38. The van der Waals surface area contributed by atoms with E-state index in [1.165, 1.54) is 6.07 Å². The van der Waals surface area contributed by atoms with E-state index in [1.54, 1.807) is 0 Å². The van der Waals surface area contributed by atoms with Gasteiger partial charge in [-0.25, -0.2) is 0 Å². The van der Waals surface area contributed by atoms with Gasteiger partial charge in [-0.3, -0.25) is 0 Å². The minimum Gasteiger partial charge on any atom is -0.395 e. The van der Waals surface area contributed by atoms with Gasteiger partial charge in [0.15, 0.2) is 5.92 Å². The van der Waals surface area contributed by atoms with Crippen molar-refractivity contribution >= 4 is 0 Å². The van der Waals surface area contributed by atoms with Gasteiger partial charge in [0.1, 0.15) is 0 Å². The lowest BCUT2D eigenvalue weighted by molar-refractivity contribution is -0.158. The fourth-order valence-electron chi connectivity index (χ4n) is 1.31. The van der Waals surface area contributed by atoms with Crippen LogP contribution in [0.2, 0.25) is 0 Å². The van der Waals surface area contributed by atoms with Crippen LogP contribution in [0.3, 0.4) is 0 Å². The lowest BCUT2D eigenvalue weighted by Gasteiger charge is -2.21. The Bertz CT molecular complexity index is 235. The number of alkyl halides is 3. The van der Waals surface area contributed by atoms with Crippen molar-refractivity contribution in [3.63, 3.8) is 0 Å². The number of nitrogens with zero attached hydrogens (tertiary/aromatic N) is 1. The summed E-state index contributed by atoms with van der Waals surface area (Å²) >= 11 is 0. The second-order valence-electron chi connectivity index (χ2n) is 4.14. The first kappa shape index (κ1) is 15.2. The van der Waals surface area contributed by atoms with Crippen molar-refractivity contribution in [2.24, 2.45) is 11.8 Å². The molecule has 0 aromatic heterocycles. The lowest BCUT2D eigenvalue weighted by atomic mass is 10.0. The first-order valence-electron chi connectivity index (χ1n) is 5.11. The van der Waals surface area contributed by atoms with Gasteiger partial charge in [0, 0.05) is 12.6 Å². The van der Waals surface area contributed by atoms with E-state index < -0.39 is 24.7 Å². The number of halogens is 3. The van der Waals surface area contributed by atoms with Gasteiger partial charge in [-0.15, -0.1) is 0 Å². The van der Waals surface area contributed by atoms with E-state index in [2.05, 4.69) is 5.32 Å². The average molecular weight is 238 g/mol. The van der Waals surface area contributed by atoms with E-state index in [1.807, 2.05) is 13.8 Å². The number of hydrogen-bond donors (Lipinski definition) is 2. The minimum atomic E-state index is -4.51. The van der Waals surface area contributed by atoms with Crippen molar-refractivity contribution in [3.05, 3.63) is 0 Å². The smallest absolute Gasteiger partial charge is 0.395 e. The molecule has 0 aromatic carbocycles. The summed E-state index contributed by atoms with van der Waals surface area (Å²) < 4.78 is 36.6. The second kappa shape index (κ2) is 6.71. The van der Waals surface area contributed by atoms with E-state index in [-0.39, 0.29) is 12.5 Å². The van der Waals surface area contributed by atoms with Crippen molar-refractivity contribution in [2.45, 2.75) is 32.5 Å². The molecule has 0 rings (SSSR count). The molecule has 94 valence electrons. The van der Waals surface area contributed by atoms with Crippen molar-refractivity contribution in [3.8, 4) is 6.07 Å². The molecular formula is C10H17F3N2O. The summed E-state index contributed by atoms with van der Waals surface area (Å²) in [6.07, 6.45) is -3.94. The molecule has 2 atom stereocenters. The number of nitriles is 1. The predicted octanol–water partition coefficient (Wildman–Crippen LogP) is 1.69. The van der Waals surface area contributed by atoms with Crippen LogP contribution in [0.15, 0.2) is 0 Å². The van der Waals surface area contributed by atoms with Crippen molar-refractivity contribution in [1.82, 2.24) is 5.32 Å². The average Bonchev–Trinajstić information content (AvgIpc) is 2.14. The third-order valence-electron chi connectivity index (χ3n) is 2.14. The lowest BCUT2D eigenvalue weighted by Crippen LogP contribution is -2.40. The fourth-order valence-corrected chi connectivity index (χ4v) is 1.31. The fraction of sp³-hybridized carbons (Fsp3) is 0.900. The molecule has 16 heavy (non-hydrogen) atoms. The SMILES string of the molecule is CC(C)CC(CO)NCC(C#N)C(F)(F)F. The topological polar surface area (TPSA) is 56.0 Å². The summed E-state index contributed by atoms with van der Waals surface area (Å²) in [5, 5.41) is 19.9. The van der Waals surface area contributed by atoms with Crippen molar-refractivity contribution < 1.29 is 18.3 Å². The molecular weight excluding hydrogens is 221 g/mol. The molecule has 0 bridgehead atoms. The molecule has 2 unspecified atom stereocenters. The molecule has 6 heteroatoms. The van der Waals surface area contributed by atoms with Gasteiger partial charge >= 0.3 is 6.18 Å². The van der Waals surface area contributed by atoms with E-state index in [9.17, 15) is 13.2 Å². The first-order valence-corrected chi connectivity index (χ1v) is 5.11. The number of hydrogen-bond acceptors (Lipinski definition) is 3. The van der Waals surface area contributed by atoms with Crippen LogP contribution in [0.25, 0.3) is 0 Å². The highest BCUT2D eigenvalue weighted by Crippen LogP contribution is 2.25. The van der Waals surface area contributed by atoms with Crippen LogP contribution in [0.5, 0.6) is 0 Å². The summed E-state index contributed by atoms with van der Waals surface area (Å²) in [7, 11) is 0. The monoisotopic (exact) mass is 238 g/mol. The Labute approximate surface area is 93.3 Å². The number of rotatable bonds is 6. The largest absolute Gasteiger partial charge is 0.405 e. The predicted molar refractivity (Wildman–Crippen MR) is 53.5 cm³/mol. The highest BCUT2D eigenvalue weighted by atomic mass is 19.4. The third kappa shape index (κ3) is 5.93. The molecule has 0 saturated carbocycles. The molecule has 3 nitrogen and oxygen atoms in total. The van der Waals surface area contributed by atoms with Crippen LogP contribution in [0.4, 0.5) is 13.2 Å². The van der Waals surface area contributed by atoms with Crippen molar-refractivity contribution in [2.75, 3.05) is 13.2 Å². The van der Waals surface area contributed by atoms with Crippen LogP contribution in [-0.4, -0.2) is 30.5 Å². The van der Waals surface area contributed by atoms with E-state index in [4.69, 9.17) is 10.4 Å². The molecule has 0 fully saturated rings. The number of aliphatic hydroxyl groups excluding tert-OH is 1. The summed E-state index contributed by atoms with van der Waals surface area (Å²) in [6, 6.07) is 0.815. The van der Waals surface area contributed by atoms with E-state index in [0.29, 0.717) is 6.42 Å². The minimum absolute atomic E-state index is 0.228. The quantitative estimate of drug-likeness (QED) is 0.740. The molecule has 0 aliphatic carbocycles. The van der Waals surface area contributed by atoms with Gasteiger partial charge in [-0.2, -0.15) is 18.4 Å². The van der Waals surface area contributed by atoms with Crippen LogP contribution in [-0.2, 0) is 0 Å². The Morgan fingerprint density at radius 3 is 2.25 bits per heavy atom. The van der Waals surface area contributed by atoms with Gasteiger partial charge in [0.25, 0.3) is 0 Å². The maximum absolute atomic E-state index is 12.2. The normalized spacial score (nSPS) is 15.9. The summed E-state index contributed by atoms with van der Waals surface area (Å²) in [4.78, 5) is 0. The molecule has 2 N–H and O–H groups in total. The van der Waals surface area contributed by atoms with Crippen LogP contribution < -0.4 is 5.32 Å². The van der Waals surface area contributed by atoms with Gasteiger partial charge < -0.3 is 10.4 Å². The zero-order valence-corrected chi connectivity index (χ0v) is 9.38. The van der Waals surface area contributed by atoms with Crippen molar-refractivity contribution in [1.29, 1.82) is 5.26 Å². The molecule has 0 saturated heterocycles. The summed E-state index contributed by atoms with van der Waals surface area (Å²) in [6.45, 7) is 3.12. The van der Waals surface area contributed by atoms with Gasteiger partial charge in [-0.05, 0) is 12.3 Å². The zero-order chi connectivity index (χ0) is 12.8. The number of nitrogens with one attached hydrogen (secondary N) is 1. The molecule has 0 heterocycles. The Hall–Kier alpha value is -0.800. The first-order chi connectivity index (χ1) is 7.31. The van der Waals surface area contributed by atoms with Crippen LogP contribution in [0, 0.1) is 23.2 Å². The Morgan fingerprint density at radius 2 is 1.94 bits per heavy atom. The summed E-state index contributed by atoms with van der Waals surface area (Å²) in [5.41, 5.74) is 0. The zero-order valence-electron chi connectivity index (χ0n) is 9.38.